The van der Waals surface area contributed by atoms with Crippen molar-refractivity contribution in [1.82, 2.24) is 29.4 Å². The molecule has 0 fully saturated rings. The fraction of sp³-hybridized carbons (Fsp3) is 0.111. The molecule has 3 aromatic heterocycles. The SMILES string of the molecule is Cc1ccc(-c2nnc3nc4c(nn23)c2ccccc2n4C)cc1. The predicted octanol–water partition coefficient (Wildman–Crippen LogP) is 3.14. The van der Waals surface area contributed by atoms with Gasteiger partial charge in [-0.25, -0.2) is 0 Å². The van der Waals surface area contributed by atoms with E-state index in [1.165, 1.54) is 5.56 Å². The number of fused-ring (bicyclic) bond motifs is 4. The minimum atomic E-state index is 0.504. The van der Waals surface area contributed by atoms with Gasteiger partial charge in [-0.3, -0.25) is 0 Å². The summed E-state index contributed by atoms with van der Waals surface area (Å²) in [7, 11) is 1.99. The van der Waals surface area contributed by atoms with Crippen molar-refractivity contribution in [2.45, 2.75) is 6.92 Å². The molecule has 0 radical (unpaired) electrons. The van der Waals surface area contributed by atoms with Crippen molar-refractivity contribution in [2.24, 2.45) is 7.05 Å². The summed E-state index contributed by atoms with van der Waals surface area (Å²) in [4.78, 5) is 4.67. The summed E-state index contributed by atoms with van der Waals surface area (Å²) in [6.45, 7) is 2.06. The second-order valence-electron chi connectivity index (χ2n) is 5.96. The summed E-state index contributed by atoms with van der Waals surface area (Å²) in [5.41, 5.74) is 4.95. The number of hydrogen-bond donors (Lipinski definition) is 0. The molecule has 5 aromatic rings. The monoisotopic (exact) mass is 314 g/mol. The lowest BCUT2D eigenvalue weighted by molar-refractivity contribution is 0.922. The molecule has 0 bridgehead atoms. The largest absolute Gasteiger partial charge is 0.327 e. The highest BCUT2D eigenvalue weighted by Gasteiger charge is 2.16. The van der Waals surface area contributed by atoms with Crippen LogP contribution in [-0.4, -0.2) is 29.4 Å². The Kier molecular flexibility index (Phi) is 2.53. The quantitative estimate of drug-likeness (QED) is 0.477. The van der Waals surface area contributed by atoms with Crippen molar-refractivity contribution in [3.63, 3.8) is 0 Å². The van der Waals surface area contributed by atoms with Gasteiger partial charge in [-0.05, 0) is 13.0 Å². The standard InChI is InChI=1S/C18H14N6/c1-11-7-9-12(10-8-11)16-20-21-18-19-17-15(22-24(16)18)13-5-3-4-6-14(13)23(17)2/h3-10H,1-2H3. The topological polar surface area (TPSA) is 60.9 Å². The number of aromatic nitrogens is 6. The van der Waals surface area contributed by atoms with Gasteiger partial charge in [0.1, 0.15) is 5.52 Å². The molecule has 0 atom stereocenters. The van der Waals surface area contributed by atoms with Crippen LogP contribution >= 0.6 is 0 Å². The molecule has 0 spiro atoms. The van der Waals surface area contributed by atoms with Crippen molar-refractivity contribution in [1.29, 1.82) is 0 Å². The van der Waals surface area contributed by atoms with Crippen LogP contribution in [0.3, 0.4) is 0 Å². The number of benzene rings is 2. The number of para-hydroxylation sites is 1. The molecule has 116 valence electrons. The van der Waals surface area contributed by atoms with Crippen molar-refractivity contribution in [3.8, 4) is 11.4 Å². The molecule has 6 heteroatoms. The van der Waals surface area contributed by atoms with Crippen LogP contribution in [0.15, 0.2) is 48.5 Å². The average Bonchev–Trinajstić information content (AvgIpc) is 3.14. The molecule has 5 rings (SSSR count). The Hall–Kier alpha value is -3.28. The molecule has 0 aliphatic heterocycles. The molecule has 0 saturated heterocycles. The fourth-order valence-corrected chi connectivity index (χ4v) is 3.10. The zero-order valence-electron chi connectivity index (χ0n) is 13.3. The number of nitrogens with zero attached hydrogens (tertiary/aromatic N) is 6. The minimum absolute atomic E-state index is 0.504. The number of rotatable bonds is 1. The third-order valence-electron chi connectivity index (χ3n) is 4.39. The van der Waals surface area contributed by atoms with Crippen LogP contribution in [0.1, 0.15) is 5.56 Å². The lowest BCUT2D eigenvalue weighted by Crippen LogP contribution is -1.99. The van der Waals surface area contributed by atoms with E-state index in [0.29, 0.717) is 11.6 Å². The first-order valence-corrected chi connectivity index (χ1v) is 7.76. The van der Waals surface area contributed by atoms with Crippen LogP contribution in [0.4, 0.5) is 0 Å². The summed E-state index contributed by atoms with van der Waals surface area (Å²) in [5, 5.41) is 14.4. The minimum Gasteiger partial charge on any atom is -0.327 e. The zero-order chi connectivity index (χ0) is 16.3. The summed E-state index contributed by atoms with van der Waals surface area (Å²) in [5.74, 6) is 1.20. The van der Waals surface area contributed by atoms with E-state index < -0.39 is 0 Å². The maximum atomic E-state index is 4.79. The highest BCUT2D eigenvalue weighted by molar-refractivity contribution is 6.04. The molecule has 6 nitrogen and oxygen atoms in total. The highest BCUT2D eigenvalue weighted by Crippen LogP contribution is 2.26. The maximum absolute atomic E-state index is 4.79. The van der Waals surface area contributed by atoms with Crippen LogP contribution in [0, 0.1) is 6.92 Å². The van der Waals surface area contributed by atoms with Gasteiger partial charge in [0.2, 0.25) is 0 Å². The van der Waals surface area contributed by atoms with Gasteiger partial charge in [0, 0.05) is 18.0 Å². The Bertz CT molecular complexity index is 1210. The van der Waals surface area contributed by atoms with Gasteiger partial charge in [-0.15, -0.1) is 10.2 Å². The Balaban J connectivity index is 1.87. The van der Waals surface area contributed by atoms with Gasteiger partial charge in [0.25, 0.3) is 5.78 Å². The van der Waals surface area contributed by atoms with Gasteiger partial charge in [-0.2, -0.15) is 14.6 Å². The van der Waals surface area contributed by atoms with Gasteiger partial charge in [-0.1, -0.05) is 48.0 Å². The summed E-state index contributed by atoms with van der Waals surface area (Å²) in [6.07, 6.45) is 0. The molecular formula is C18H14N6. The Labute approximate surface area is 137 Å². The molecule has 2 aromatic carbocycles. The number of hydrogen-bond acceptors (Lipinski definition) is 4. The normalized spacial score (nSPS) is 11.8. The van der Waals surface area contributed by atoms with Crippen molar-refractivity contribution >= 4 is 27.8 Å². The maximum Gasteiger partial charge on any atom is 0.274 e. The average molecular weight is 314 g/mol. The van der Waals surface area contributed by atoms with Crippen LogP contribution in [0.25, 0.3) is 39.2 Å². The molecular weight excluding hydrogens is 300 g/mol. The van der Waals surface area contributed by atoms with E-state index in [1.807, 2.05) is 35.9 Å². The molecule has 0 N–H and O–H groups in total. The van der Waals surface area contributed by atoms with E-state index in [-0.39, 0.29) is 0 Å². The Morgan fingerprint density at radius 2 is 1.71 bits per heavy atom. The summed E-state index contributed by atoms with van der Waals surface area (Å²) in [6, 6.07) is 16.3. The second kappa shape index (κ2) is 4.61. The molecule has 0 saturated carbocycles. The van der Waals surface area contributed by atoms with Crippen molar-refractivity contribution < 1.29 is 0 Å². The fourth-order valence-electron chi connectivity index (χ4n) is 3.10. The van der Waals surface area contributed by atoms with Gasteiger partial charge in [0.15, 0.2) is 11.5 Å². The molecule has 0 aliphatic carbocycles. The molecule has 0 aliphatic rings. The van der Waals surface area contributed by atoms with E-state index in [0.717, 1.165) is 27.6 Å². The third kappa shape index (κ3) is 1.70. The lowest BCUT2D eigenvalue weighted by atomic mass is 10.1. The second-order valence-corrected chi connectivity index (χ2v) is 5.96. The first-order chi connectivity index (χ1) is 11.7. The Morgan fingerprint density at radius 1 is 0.917 bits per heavy atom. The van der Waals surface area contributed by atoms with Crippen molar-refractivity contribution in [2.75, 3.05) is 0 Å². The molecule has 0 unspecified atom stereocenters. The van der Waals surface area contributed by atoms with E-state index in [2.05, 4.69) is 46.4 Å². The molecule has 3 heterocycles. The smallest absolute Gasteiger partial charge is 0.274 e. The first kappa shape index (κ1) is 13.2. The highest BCUT2D eigenvalue weighted by atomic mass is 15.4. The molecule has 24 heavy (non-hydrogen) atoms. The van der Waals surface area contributed by atoms with Gasteiger partial charge in [0.05, 0.1) is 5.52 Å². The van der Waals surface area contributed by atoms with Gasteiger partial charge < -0.3 is 4.57 Å². The lowest BCUT2D eigenvalue weighted by Gasteiger charge is -2.00. The van der Waals surface area contributed by atoms with E-state index >= 15 is 0 Å². The van der Waals surface area contributed by atoms with Crippen LogP contribution < -0.4 is 0 Å². The van der Waals surface area contributed by atoms with E-state index in [9.17, 15) is 0 Å². The molecule has 0 amide bonds. The van der Waals surface area contributed by atoms with Crippen LogP contribution in [0.5, 0.6) is 0 Å². The zero-order valence-corrected chi connectivity index (χ0v) is 13.3. The van der Waals surface area contributed by atoms with E-state index in [1.54, 1.807) is 4.52 Å². The van der Waals surface area contributed by atoms with Crippen LogP contribution in [-0.2, 0) is 7.05 Å². The summed E-state index contributed by atoms with van der Waals surface area (Å²) < 4.78 is 3.76. The van der Waals surface area contributed by atoms with Crippen molar-refractivity contribution in [3.05, 3.63) is 54.1 Å². The summed E-state index contributed by atoms with van der Waals surface area (Å²) >= 11 is 0. The van der Waals surface area contributed by atoms with Crippen LogP contribution in [0.2, 0.25) is 0 Å². The number of aryl methyl sites for hydroxylation is 2. The van der Waals surface area contributed by atoms with E-state index in [4.69, 9.17) is 5.10 Å². The predicted molar refractivity (Wildman–Crippen MR) is 92.7 cm³/mol. The first-order valence-electron chi connectivity index (χ1n) is 7.76. The van der Waals surface area contributed by atoms with Gasteiger partial charge >= 0.3 is 0 Å². The third-order valence-corrected chi connectivity index (χ3v) is 4.39. The Morgan fingerprint density at radius 3 is 2.54 bits per heavy atom.